The molecule has 1 aliphatic heterocycles. The highest BCUT2D eigenvalue weighted by Crippen LogP contribution is 2.47. The molecule has 6 nitrogen and oxygen atoms in total. The number of fused-ring (bicyclic) bond motifs is 1. The number of hydrogen-bond donors (Lipinski definition) is 2. The predicted molar refractivity (Wildman–Crippen MR) is 108 cm³/mol. The van der Waals surface area contributed by atoms with Crippen molar-refractivity contribution >= 4 is 38.9 Å². The number of ether oxygens (including phenoxy) is 2. The van der Waals surface area contributed by atoms with Crippen molar-refractivity contribution in [1.29, 1.82) is 0 Å². The zero-order valence-corrected chi connectivity index (χ0v) is 17.6. The SMILES string of the molecule is FC(F)(F)c1nn(CCCNC(=S)Nc2ccc3c(c2)OCO3)c(C2CC2)c1Br. The number of thiocarbonyl (C=S) groups is 1. The Labute approximate surface area is 178 Å². The molecule has 29 heavy (non-hydrogen) atoms. The van der Waals surface area contributed by atoms with E-state index >= 15 is 0 Å². The van der Waals surface area contributed by atoms with E-state index in [9.17, 15) is 13.2 Å². The molecule has 0 bridgehead atoms. The number of nitrogens with zero attached hydrogens (tertiary/aromatic N) is 2. The Balaban J connectivity index is 1.30. The van der Waals surface area contributed by atoms with Crippen molar-refractivity contribution < 1.29 is 22.6 Å². The molecule has 2 aliphatic rings. The molecule has 0 atom stereocenters. The molecular formula is C18H18BrF3N4O2S. The van der Waals surface area contributed by atoms with Crippen LogP contribution in [0.15, 0.2) is 22.7 Å². The maximum atomic E-state index is 13.1. The maximum absolute atomic E-state index is 13.1. The van der Waals surface area contributed by atoms with Gasteiger partial charge in [-0.3, -0.25) is 4.68 Å². The Bertz CT molecular complexity index is 931. The lowest BCUT2D eigenvalue weighted by atomic mass is 10.2. The lowest BCUT2D eigenvalue weighted by molar-refractivity contribution is -0.142. The lowest BCUT2D eigenvalue weighted by Gasteiger charge is -2.12. The Morgan fingerprint density at radius 1 is 1.28 bits per heavy atom. The van der Waals surface area contributed by atoms with Crippen molar-refractivity contribution in [3.05, 3.63) is 34.1 Å². The minimum Gasteiger partial charge on any atom is -0.454 e. The van der Waals surface area contributed by atoms with Crippen LogP contribution in [0.3, 0.4) is 0 Å². The number of rotatable bonds is 6. The van der Waals surface area contributed by atoms with E-state index in [-0.39, 0.29) is 17.2 Å². The van der Waals surface area contributed by atoms with Gasteiger partial charge in [-0.1, -0.05) is 0 Å². The third kappa shape index (κ3) is 4.61. The quantitative estimate of drug-likeness (QED) is 0.454. The summed E-state index contributed by atoms with van der Waals surface area (Å²) in [5.74, 6) is 1.48. The topological polar surface area (TPSA) is 60.3 Å². The zero-order valence-electron chi connectivity index (χ0n) is 15.2. The van der Waals surface area contributed by atoms with Crippen LogP contribution in [0.5, 0.6) is 11.5 Å². The van der Waals surface area contributed by atoms with Gasteiger partial charge in [0.1, 0.15) is 0 Å². The van der Waals surface area contributed by atoms with Crippen molar-refractivity contribution in [2.24, 2.45) is 0 Å². The van der Waals surface area contributed by atoms with Crippen LogP contribution in [0, 0.1) is 0 Å². The van der Waals surface area contributed by atoms with Crippen molar-refractivity contribution in [2.45, 2.75) is 37.9 Å². The highest BCUT2D eigenvalue weighted by Gasteiger charge is 2.41. The Kier molecular flexibility index (Phi) is 5.60. The Morgan fingerprint density at radius 2 is 2.03 bits per heavy atom. The number of benzene rings is 1. The Morgan fingerprint density at radius 3 is 2.76 bits per heavy atom. The van der Waals surface area contributed by atoms with Gasteiger partial charge in [-0.2, -0.15) is 18.3 Å². The third-order valence-electron chi connectivity index (χ3n) is 4.63. The molecule has 2 aromatic rings. The van der Waals surface area contributed by atoms with E-state index in [0.717, 1.165) is 18.5 Å². The van der Waals surface area contributed by atoms with E-state index in [1.54, 1.807) is 12.1 Å². The molecule has 1 aliphatic carbocycles. The molecule has 0 unspecified atom stereocenters. The standard InChI is InChI=1S/C18H18BrF3N4O2S/c19-14-15(10-2-3-10)26(25-16(14)18(20,21)22)7-1-6-23-17(29)24-11-4-5-12-13(8-11)28-9-27-12/h4-5,8,10H,1-3,6-7,9H2,(H2,23,24,29). The third-order valence-corrected chi connectivity index (χ3v) is 5.66. The molecular weight excluding hydrogens is 473 g/mol. The molecule has 2 N–H and O–H groups in total. The fourth-order valence-electron chi connectivity index (χ4n) is 3.13. The largest absolute Gasteiger partial charge is 0.454 e. The first-order chi connectivity index (χ1) is 13.8. The molecule has 1 aromatic carbocycles. The van der Waals surface area contributed by atoms with Crippen LogP contribution >= 0.6 is 28.1 Å². The number of anilines is 1. The van der Waals surface area contributed by atoms with Crippen molar-refractivity contribution in [3.63, 3.8) is 0 Å². The van der Waals surface area contributed by atoms with E-state index in [1.165, 1.54) is 4.68 Å². The summed E-state index contributed by atoms with van der Waals surface area (Å²) in [6.07, 6.45) is -2.11. The fraction of sp³-hybridized carbons (Fsp3) is 0.444. The fourth-order valence-corrected chi connectivity index (χ4v) is 4.18. The molecule has 156 valence electrons. The number of nitrogens with one attached hydrogen (secondary N) is 2. The van der Waals surface area contributed by atoms with Crippen molar-refractivity contribution in [3.8, 4) is 11.5 Å². The Hall–Kier alpha value is -2.01. The smallest absolute Gasteiger partial charge is 0.436 e. The van der Waals surface area contributed by atoms with Crippen LogP contribution in [0.2, 0.25) is 0 Å². The summed E-state index contributed by atoms with van der Waals surface area (Å²) in [7, 11) is 0. The van der Waals surface area contributed by atoms with Gasteiger partial charge in [0, 0.05) is 30.8 Å². The number of alkyl halides is 3. The molecule has 1 fully saturated rings. The summed E-state index contributed by atoms with van der Waals surface area (Å²) in [4.78, 5) is 0. The number of aromatic nitrogens is 2. The van der Waals surface area contributed by atoms with Gasteiger partial charge in [0.05, 0.1) is 10.2 Å². The second-order valence-electron chi connectivity index (χ2n) is 6.85. The highest BCUT2D eigenvalue weighted by atomic mass is 79.9. The average Bonchev–Trinajstić information content (AvgIpc) is 3.27. The molecule has 2 heterocycles. The molecule has 0 amide bonds. The molecule has 0 spiro atoms. The summed E-state index contributed by atoms with van der Waals surface area (Å²) < 4.78 is 51.6. The van der Waals surface area contributed by atoms with E-state index < -0.39 is 11.9 Å². The van der Waals surface area contributed by atoms with Crippen LogP contribution in [-0.4, -0.2) is 28.2 Å². The van der Waals surface area contributed by atoms with Gasteiger partial charge >= 0.3 is 6.18 Å². The summed E-state index contributed by atoms with van der Waals surface area (Å²) in [5, 5.41) is 10.3. The summed E-state index contributed by atoms with van der Waals surface area (Å²) in [6.45, 7) is 1.07. The van der Waals surface area contributed by atoms with Gasteiger partial charge in [-0.25, -0.2) is 0 Å². The van der Waals surface area contributed by atoms with Gasteiger partial charge in [-0.05, 0) is 59.5 Å². The van der Waals surface area contributed by atoms with Crippen LogP contribution in [0.4, 0.5) is 18.9 Å². The van der Waals surface area contributed by atoms with E-state index in [1.807, 2.05) is 6.07 Å². The van der Waals surface area contributed by atoms with E-state index in [4.69, 9.17) is 21.7 Å². The molecule has 1 saturated carbocycles. The second kappa shape index (κ2) is 8.02. The highest BCUT2D eigenvalue weighted by molar-refractivity contribution is 9.10. The van der Waals surface area contributed by atoms with Gasteiger partial charge in [-0.15, -0.1) is 0 Å². The van der Waals surface area contributed by atoms with Crippen molar-refractivity contribution in [1.82, 2.24) is 15.1 Å². The molecule has 0 radical (unpaired) electrons. The molecule has 4 rings (SSSR count). The van der Waals surface area contributed by atoms with Gasteiger partial charge < -0.3 is 20.1 Å². The maximum Gasteiger partial charge on any atom is 0.436 e. The van der Waals surface area contributed by atoms with Gasteiger partial charge in [0.2, 0.25) is 6.79 Å². The summed E-state index contributed by atoms with van der Waals surface area (Å²) in [6, 6.07) is 5.40. The first kappa shape index (κ1) is 20.3. The minimum absolute atomic E-state index is 0.0699. The number of aryl methyl sites for hydroxylation is 1. The van der Waals surface area contributed by atoms with Crippen molar-refractivity contribution in [2.75, 3.05) is 18.7 Å². The van der Waals surface area contributed by atoms with Gasteiger partial charge in [0.25, 0.3) is 0 Å². The number of hydrogen-bond acceptors (Lipinski definition) is 4. The van der Waals surface area contributed by atoms with Crippen LogP contribution in [0.1, 0.15) is 36.6 Å². The summed E-state index contributed by atoms with van der Waals surface area (Å²) >= 11 is 8.37. The molecule has 11 heteroatoms. The minimum atomic E-state index is -4.47. The number of halogens is 4. The first-order valence-corrected chi connectivity index (χ1v) is 10.3. The average molecular weight is 491 g/mol. The predicted octanol–water partition coefficient (Wildman–Crippen LogP) is 4.65. The van der Waals surface area contributed by atoms with E-state index in [2.05, 4.69) is 31.7 Å². The van der Waals surface area contributed by atoms with Crippen LogP contribution in [-0.2, 0) is 12.7 Å². The van der Waals surface area contributed by atoms with Gasteiger partial charge in [0.15, 0.2) is 22.3 Å². The molecule has 0 saturated heterocycles. The van der Waals surface area contributed by atoms with Crippen LogP contribution < -0.4 is 20.1 Å². The summed E-state index contributed by atoms with van der Waals surface area (Å²) in [5.41, 5.74) is 0.541. The first-order valence-electron chi connectivity index (χ1n) is 9.11. The zero-order chi connectivity index (χ0) is 20.6. The van der Waals surface area contributed by atoms with Crippen LogP contribution in [0.25, 0.3) is 0 Å². The van der Waals surface area contributed by atoms with E-state index in [0.29, 0.717) is 41.8 Å². The lowest BCUT2D eigenvalue weighted by Crippen LogP contribution is -2.29. The monoisotopic (exact) mass is 490 g/mol. The second-order valence-corrected chi connectivity index (χ2v) is 8.05. The molecule has 1 aromatic heterocycles. The normalized spacial score (nSPS) is 15.4.